The summed E-state index contributed by atoms with van der Waals surface area (Å²) in [5.74, 6) is 1.03. The number of guanidine groups is 1. The van der Waals surface area contributed by atoms with E-state index in [9.17, 15) is 5.11 Å². The number of nitrogens with zero attached hydrogens (tertiary/aromatic N) is 1. The fraction of sp³-hybridized carbons (Fsp3) is 0.500. The van der Waals surface area contributed by atoms with Crippen LogP contribution in [0.5, 0.6) is 0 Å². The third-order valence-electron chi connectivity index (χ3n) is 2.65. The van der Waals surface area contributed by atoms with Crippen LogP contribution in [0.15, 0.2) is 35.3 Å². The molecule has 18 heavy (non-hydrogen) atoms. The Labute approximate surface area is 109 Å². The maximum absolute atomic E-state index is 9.89. The van der Waals surface area contributed by atoms with Gasteiger partial charge in [0.05, 0.1) is 12.6 Å². The molecule has 4 heteroatoms. The molecule has 0 fully saturated rings. The van der Waals surface area contributed by atoms with Crippen LogP contribution >= 0.6 is 0 Å². The van der Waals surface area contributed by atoms with E-state index in [2.05, 4.69) is 24.2 Å². The van der Waals surface area contributed by atoms with Crippen molar-refractivity contribution in [2.75, 3.05) is 13.1 Å². The van der Waals surface area contributed by atoms with Crippen LogP contribution in [0.1, 0.15) is 31.9 Å². The van der Waals surface area contributed by atoms with Gasteiger partial charge in [0.25, 0.3) is 0 Å². The highest BCUT2D eigenvalue weighted by atomic mass is 16.3. The minimum atomic E-state index is -0.600. The van der Waals surface area contributed by atoms with E-state index < -0.39 is 6.10 Å². The van der Waals surface area contributed by atoms with Gasteiger partial charge in [-0.25, -0.2) is 0 Å². The molecular weight excluding hydrogens is 226 g/mol. The molecule has 0 heterocycles. The molecule has 1 rings (SSSR count). The van der Waals surface area contributed by atoms with Crippen molar-refractivity contribution in [2.24, 2.45) is 16.6 Å². The SMILES string of the molecule is CC(C)CCNC(N)=NCC(O)c1ccccc1. The summed E-state index contributed by atoms with van der Waals surface area (Å²) in [5.41, 5.74) is 6.57. The molecule has 0 aliphatic carbocycles. The molecule has 0 aliphatic heterocycles. The van der Waals surface area contributed by atoms with E-state index in [-0.39, 0.29) is 6.54 Å². The molecule has 100 valence electrons. The van der Waals surface area contributed by atoms with Crippen molar-refractivity contribution in [3.8, 4) is 0 Å². The Morgan fingerprint density at radius 2 is 2.00 bits per heavy atom. The maximum Gasteiger partial charge on any atom is 0.188 e. The van der Waals surface area contributed by atoms with Gasteiger partial charge in [0.2, 0.25) is 0 Å². The molecule has 0 saturated carbocycles. The average molecular weight is 249 g/mol. The van der Waals surface area contributed by atoms with Crippen molar-refractivity contribution < 1.29 is 5.11 Å². The molecule has 1 aromatic carbocycles. The van der Waals surface area contributed by atoms with Gasteiger partial charge >= 0.3 is 0 Å². The largest absolute Gasteiger partial charge is 0.386 e. The molecule has 0 saturated heterocycles. The van der Waals surface area contributed by atoms with Crippen molar-refractivity contribution in [3.05, 3.63) is 35.9 Å². The summed E-state index contributed by atoms with van der Waals surface area (Å²) in [6, 6.07) is 9.46. The first-order valence-corrected chi connectivity index (χ1v) is 6.36. The number of aliphatic hydroxyl groups excluding tert-OH is 1. The Morgan fingerprint density at radius 1 is 1.33 bits per heavy atom. The van der Waals surface area contributed by atoms with Crippen molar-refractivity contribution in [3.63, 3.8) is 0 Å². The normalized spacial score (nSPS) is 13.7. The smallest absolute Gasteiger partial charge is 0.188 e. The van der Waals surface area contributed by atoms with Gasteiger partial charge in [0.1, 0.15) is 0 Å². The van der Waals surface area contributed by atoms with Gasteiger partial charge in [0, 0.05) is 6.54 Å². The Kier molecular flexibility index (Phi) is 6.22. The van der Waals surface area contributed by atoms with Gasteiger partial charge < -0.3 is 16.2 Å². The first kappa shape index (κ1) is 14.5. The molecule has 4 N–H and O–H groups in total. The topological polar surface area (TPSA) is 70.6 Å². The van der Waals surface area contributed by atoms with E-state index in [0.717, 1.165) is 18.5 Å². The van der Waals surface area contributed by atoms with Crippen LogP contribution in [0, 0.1) is 5.92 Å². The number of hydrogen-bond donors (Lipinski definition) is 3. The first-order valence-electron chi connectivity index (χ1n) is 6.36. The molecule has 0 aromatic heterocycles. The van der Waals surface area contributed by atoms with Crippen LogP contribution < -0.4 is 11.1 Å². The molecular formula is C14H23N3O. The Bertz CT molecular complexity index is 363. The lowest BCUT2D eigenvalue weighted by molar-refractivity contribution is 0.187. The summed E-state index contributed by atoms with van der Waals surface area (Å²) in [6.07, 6.45) is 0.453. The first-order chi connectivity index (χ1) is 8.59. The highest BCUT2D eigenvalue weighted by Crippen LogP contribution is 2.11. The highest BCUT2D eigenvalue weighted by molar-refractivity contribution is 5.77. The van der Waals surface area contributed by atoms with Crippen molar-refractivity contribution in [1.82, 2.24) is 5.32 Å². The van der Waals surface area contributed by atoms with Crippen LogP contribution in [0.25, 0.3) is 0 Å². The van der Waals surface area contributed by atoms with E-state index >= 15 is 0 Å². The zero-order valence-corrected chi connectivity index (χ0v) is 11.1. The Hall–Kier alpha value is -1.55. The number of rotatable bonds is 6. The molecule has 0 amide bonds. The standard InChI is InChI=1S/C14H23N3O/c1-11(2)8-9-16-14(15)17-10-13(18)12-6-4-3-5-7-12/h3-7,11,13,18H,8-10H2,1-2H3,(H3,15,16,17). The number of nitrogens with two attached hydrogens (primary N) is 1. The molecule has 4 nitrogen and oxygen atoms in total. The molecule has 0 radical (unpaired) electrons. The van der Waals surface area contributed by atoms with Gasteiger partial charge in [-0.05, 0) is 17.9 Å². The van der Waals surface area contributed by atoms with Crippen LogP contribution in [-0.2, 0) is 0 Å². The summed E-state index contributed by atoms with van der Waals surface area (Å²) in [7, 11) is 0. The second-order valence-corrected chi connectivity index (χ2v) is 4.76. The van der Waals surface area contributed by atoms with Gasteiger partial charge in [-0.3, -0.25) is 4.99 Å². The lowest BCUT2D eigenvalue weighted by atomic mass is 10.1. The quantitative estimate of drug-likeness (QED) is 0.530. The summed E-state index contributed by atoms with van der Waals surface area (Å²) in [6.45, 7) is 5.42. The molecule has 0 aliphatic rings. The van der Waals surface area contributed by atoms with Gasteiger partial charge in [0.15, 0.2) is 5.96 Å². The predicted molar refractivity (Wildman–Crippen MR) is 75.3 cm³/mol. The maximum atomic E-state index is 9.89. The monoisotopic (exact) mass is 249 g/mol. The molecule has 0 bridgehead atoms. The number of aliphatic imine (C=N–C) groups is 1. The summed E-state index contributed by atoms with van der Waals surface area (Å²) >= 11 is 0. The number of hydrogen-bond acceptors (Lipinski definition) is 2. The van der Waals surface area contributed by atoms with Crippen LogP contribution in [0.2, 0.25) is 0 Å². The van der Waals surface area contributed by atoms with E-state index in [0.29, 0.717) is 11.9 Å². The highest BCUT2D eigenvalue weighted by Gasteiger charge is 2.05. The summed E-state index contributed by atoms with van der Waals surface area (Å²) < 4.78 is 0. The van der Waals surface area contributed by atoms with Crippen molar-refractivity contribution in [2.45, 2.75) is 26.4 Å². The average Bonchev–Trinajstić information content (AvgIpc) is 2.36. The van der Waals surface area contributed by atoms with E-state index in [1.165, 1.54) is 0 Å². The fourth-order valence-electron chi connectivity index (χ4n) is 1.51. The molecule has 1 unspecified atom stereocenters. The minimum Gasteiger partial charge on any atom is -0.386 e. The lowest BCUT2D eigenvalue weighted by Crippen LogP contribution is -2.33. The van der Waals surface area contributed by atoms with Gasteiger partial charge in [-0.2, -0.15) is 0 Å². The predicted octanol–water partition coefficient (Wildman–Crippen LogP) is 1.67. The Balaban J connectivity index is 2.34. The lowest BCUT2D eigenvalue weighted by Gasteiger charge is -2.10. The molecule has 0 spiro atoms. The van der Waals surface area contributed by atoms with Crippen LogP contribution in [-0.4, -0.2) is 24.2 Å². The van der Waals surface area contributed by atoms with Gasteiger partial charge in [-0.1, -0.05) is 44.2 Å². The van der Waals surface area contributed by atoms with E-state index in [1.807, 2.05) is 30.3 Å². The third kappa shape index (κ3) is 5.68. The van der Waals surface area contributed by atoms with Gasteiger partial charge in [-0.15, -0.1) is 0 Å². The van der Waals surface area contributed by atoms with E-state index in [1.54, 1.807) is 0 Å². The zero-order valence-electron chi connectivity index (χ0n) is 11.1. The fourth-order valence-corrected chi connectivity index (χ4v) is 1.51. The second kappa shape index (κ2) is 7.71. The molecule has 1 atom stereocenters. The van der Waals surface area contributed by atoms with Crippen molar-refractivity contribution >= 4 is 5.96 Å². The minimum absolute atomic E-state index is 0.282. The Morgan fingerprint density at radius 3 is 2.61 bits per heavy atom. The summed E-state index contributed by atoms with van der Waals surface area (Å²) in [4.78, 5) is 4.13. The number of benzene rings is 1. The molecule has 1 aromatic rings. The second-order valence-electron chi connectivity index (χ2n) is 4.76. The third-order valence-corrected chi connectivity index (χ3v) is 2.65. The van der Waals surface area contributed by atoms with Crippen LogP contribution in [0.3, 0.4) is 0 Å². The number of aliphatic hydroxyl groups is 1. The number of nitrogens with one attached hydrogen (secondary N) is 1. The summed E-state index contributed by atoms with van der Waals surface area (Å²) in [5, 5.41) is 12.9. The van der Waals surface area contributed by atoms with Crippen molar-refractivity contribution in [1.29, 1.82) is 0 Å². The van der Waals surface area contributed by atoms with E-state index in [4.69, 9.17) is 5.73 Å². The van der Waals surface area contributed by atoms with Crippen LogP contribution in [0.4, 0.5) is 0 Å². The zero-order chi connectivity index (χ0) is 13.4.